The zero-order valence-electron chi connectivity index (χ0n) is 15.3. The summed E-state index contributed by atoms with van der Waals surface area (Å²) in [4.78, 5) is 12.7. The molecule has 5 heteroatoms. The third-order valence-electron chi connectivity index (χ3n) is 4.19. The monoisotopic (exact) mass is 342 g/mol. The number of amides is 1. The van der Waals surface area contributed by atoms with E-state index >= 15 is 0 Å². The molecule has 3 N–H and O–H groups in total. The van der Waals surface area contributed by atoms with Gasteiger partial charge in [-0.2, -0.15) is 0 Å². The summed E-state index contributed by atoms with van der Waals surface area (Å²) in [7, 11) is 1.57. The Morgan fingerprint density at radius 1 is 1.16 bits per heavy atom. The number of methoxy groups -OCH3 is 1. The van der Waals surface area contributed by atoms with Crippen molar-refractivity contribution in [2.45, 2.75) is 26.8 Å². The van der Waals surface area contributed by atoms with E-state index in [9.17, 15) is 4.79 Å². The highest BCUT2D eigenvalue weighted by atomic mass is 16.5. The summed E-state index contributed by atoms with van der Waals surface area (Å²) < 4.78 is 10.8. The summed E-state index contributed by atoms with van der Waals surface area (Å²) in [6, 6.07) is 11.2. The molecule has 25 heavy (non-hydrogen) atoms. The van der Waals surface area contributed by atoms with Crippen LogP contribution in [0.15, 0.2) is 36.4 Å². The van der Waals surface area contributed by atoms with Crippen LogP contribution >= 0.6 is 0 Å². The minimum atomic E-state index is -0.194. The van der Waals surface area contributed by atoms with Gasteiger partial charge in [-0.15, -0.1) is 0 Å². The van der Waals surface area contributed by atoms with Gasteiger partial charge in [-0.05, 0) is 49.6 Å². The van der Waals surface area contributed by atoms with Gasteiger partial charge in [-0.1, -0.05) is 18.2 Å². The average molecular weight is 342 g/mol. The van der Waals surface area contributed by atoms with Crippen molar-refractivity contribution in [3.8, 4) is 11.5 Å². The molecule has 134 valence electrons. The standard InChI is InChI=1S/C20H26N2O3/c1-13-5-6-16(11-14(13)2)15(3)22-20(23)18-8-7-17(24-4)12-19(18)25-10-9-21/h5-8,11-12,15H,9-10,21H2,1-4H3,(H,22,23)/t15-/m0/s1. The van der Waals surface area contributed by atoms with E-state index < -0.39 is 0 Å². The summed E-state index contributed by atoms with van der Waals surface area (Å²) in [6.45, 7) is 6.81. The molecule has 2 aromatic carbocycles. The Labute approximate surface area is 149 Å². The van der Waals surface area contributed by atoms with E-state index in [2.05, 4.69) is 31.3 Å². The highest BCUT2D eigenvalue weighted by Gasteiger charge is 2.17. The van der Waals surface area contributed by atoms with Crippen LogP contribution in [-0.4, -0.2) is 26.2 Å². The van der Waals surface area contributed by atoms with E-state index in [-0.39, 0.29) is 11.9 Å². The summed E-state index contributed by atoms with van der Waals surface area (Å²) in [5.41, 5.74) is 9.46. The van der Waals surface area contributed by atoms with E-state index in [1.807, 2.05) is 13.0 Å². The number of carbonyl (C=O) groups excluding carboxylic acids is 1. The Bertz CT molecular complexity index is 744. The normalized spacial score (nSPS) is 11.7. The van der Waals surface area contributed by atoms with Crippen molar-refractivity contribution in [3.63, 3.8) is 0 Å². The molecule has 1 amide bonds. The zero-order valence-corrected chi connectivity index (χ0v) is 15.3. The van der Waals surface area contributed by atoms with Crippen molar-refractivity contribution < 1.29 is 14.3 Å². The number of ether oxygens (including phenoxy) is 2. The molecule has 0 unspecified atom stereocenters. The number of nitrogens with two attached hydrogens (primary N) is 1. The van der Waals surface area contributed by atoms with Gasteiger partial charge < -0.3 is 20.5 Å². The lowest BCUT2D eigenvalue weighted by Gasteiger charge is -2.18. The fraction of sp³-hybridized carbons (Fsp3) is 0.350. The first-order chi connectivity index (χ1) is 12.0. The molecule has 0 heterocycles. The van der Waals surface area contributed by atoms with Gasteiger partial charge in [-0.3, -0.25) is 4.79 Å². The van der Waals surface area contributed by atoms with Crippen molar-refractivity contribution >= 4 is 5.91 Å². The molecule has 0 saturated heterocycles. The predicted molar refractivity (Wildman–Crippen MR) is 99.3 cm³/mol. The molecule has 0 aliphatic rings. The Morgan fingerprint density at radius 3 is 2.56 bits per heavy atom. The smallest absolute Gasteiger partial charge is 0.255 e. The molecule has 0 spiro atoms. The lowest BCUT2D eigenvalue weighted by Crippen LogP contribution is -2.27. The Morgan fingerprint density at radius 2 is 1.92 bits per heavy atom. The van der Waals surface area contributed by atoms with Gasteiger partial charge in [0.1, 0.15) is 18.1 Å². The number of carbonyl (C=O) groups is 1. The minimum Gasteiger partial charge on any atom is -0.497 e. The predicted octanol–water partition coefficient (Wildman–Crippen LogP) is 3.14. The van der Waals surface area contributed by atoms with Crippen LogP contribution in [0.2, 0.25) is 0 Å². The van der Waals surface area contributed by atoms with E-state index in [4.69, 9.17) is 15.2 Å². The summed E-state index contributed by atoms with van der Waals surface area (Å²) in [5.74, 6) is 0.903. The topological polar surface area (TPSA) is 73.6 Å². The molecule has 0 aliphatic heterocycles. The number of rotatable bonds is 7. The number of aryl methyl sites for hydroxylation is 2. The summed E-state index contributed by atoms with van der Waals surface area (Å²) >= 11 is 0. The second-order valence-corrected chi connectivity index (χ2v) is 6.04. The van der Waals surface area contributed by atoms with E-state index in [1.54, 1.807) is 25.3 Å². The molecule has 0 saturated carbocycles. The lowest BCUT2D eigenvalue weighted by atomic mass is 10.0. The van der Waals surface area contributed by atoms with Gasteiger partial charge in [0.25, 0.3) is 5.91 Å². The molecular weight excluding hydrogens is 316 g/mol. The molecular formula is C20H26N2O3. The SMILES string of the molecule is COc1ccc(C(=O)N[C@@H](C)c2ccc(C)c(C)c2)c(OCCN)c1. The quantitative estimate of drug-likeness (QED) is 0.811. The molecule has 5 nitrogen and oxygen atoms in total. The van der Waals surface area contributed by atoms with Crippen molar-refractivity contribution in [2.75, 3.05) is 20.3 Å². The van der Waals surface area contributed by atoms with Crippen LogP contribution in [0, 0.1) is 13.8 Å². The van der Waals surface area contributed by atoms with Crippen LogP contribution in [0.3, 0.4) is 0 Å². The molecule has 2 aromatic rings. The first-order valence-electron chi connectivity index (χ1n) is 8.35. The highest BCUT2D eigenvalue weighted by Crippen LogP contribution is 2.26. The van der Waals surface area contributed by atoms with Crippen LogP contribution in [0.5, 0.6) is 11.5 Å². The number of benzene rings is 2. The maximum absolute atomic E-state index is 12.7. The molecule has 1 atom stereocenters. The van der Waals surface area contributed by atoms with Crippen molar-refractivity contribution in [1.29, 1.82) is 0 Å². The third kappa shape index (κ3) is 4.73. The average Bonchev–Trinajstić information content (AvgIpc) is 2.61. The fourth-order valence-electron chi connectivity index (χ4n) is 2.50. The number of hydrogen-bond donors (Lipinski definition) is 2. The van der Waals surface area contributed by atoms with Crippen LogP contribution < -0.4 is 20.5 Å². The number of nitrogens with one attached hydrogen (secondary N) is 1. The van der Waals surface area contributed by atoms with E-state index in [0.29, 0.717) is 30.2 Å². The van der Waals surface area contributed by atoms with Gasteiger partial charge in [0.05, 0.1) is 18.7 Å². The number of hydrogen-bond acceptors (Lipinski definition) is 4. The van der Waals surface area contributed by atoms with E-state index in [1.165, 1.54) is 11.1 Å². The summed E-state index contributed by atoms with van der Waals surface area (Å²) in [6.07, 6.45) is 0. The van der Waals surface area contributed by atoms with Gasteiger partial charge in [-0.25, -0.2) is 0 Å². The largest absolute Gasteiger partial charge is 0.497 e. The third-order valence-corrected chi connectivity index (χ3v) is 4.19. The maximum Gasteiger partial charge on any atom is 0.255 e. The minimum absolute atomic E-state index is 0.115. The van der Waals surface area contributed by atoms with Crippen LogP contribution in [-0.2, 0) is 0 Å². The summed E-state index contributed by atoms with van der Waals surface area (Å²) in [5, 5.41) is 3.02. The fourth-order valence-corrected chi connectivity index (χ4v) is 2.50. The van der Waals surface area contributed by atoms with Crippen molar-refractivity contribution in [1.82, 2.24) is 5.32 Å². The lowest BCUT2D eigenvalue weighted by molar-refractivity contribution is 0.0936. The molecule has 0 fully saturated rings. The Kier molecular flexibility index (Phi) is 6.42. The zero-order chi connectivity index (χ0) is 18.4. The molecule has 0 aliphatic carbocycles. The Hall–Kier alpha value is -2.53. The molecule has 0 aromatic heterocycles. The maximum atomic E-state index is 12.7. The van der Waals surface area contributed by atoms with Gasteiger partial charge >= 0.3 is 0 Å². The van der Waals surface area contributed by atoms with Gasteiger partial charge in [0.2, 0.25) is 0 Å². The molecule has 0 radical (unpaired) electrons. The van der Waals surface area contributed by atoms with Crippen LogP contribution in [0.25, 0.3) is 0 Å². The second kappa shape index (κ2) is 8.53. The highest BCUT2D eigenvalue weighted by molar-refractivity contribution is 5.97. The molecule has 2 rings (SSSR count). The Balaban J connectivity index is 2.19. The van der Waals surface area contributed by atoms with E-state index in [0.717, 1.165) is 5.56 Å². The first kappa shape index (κ1) is 18.8. The second-order valence-electron chi connectivity index (χ2n) is 6.04. The van der Waals surface area contributed by atoms with Crippen molar-refractivity contribution in [3.05, 3.63) is 58.7 Å². The molecule has 0 bridgehead atoms. The van der Waals surface area contributed by atoms with Gasteiger partial charge in [0.15, 0.2) is 0 Å². The van der Waals surface area contributed by atoms with Crippen LogP contribution in [0.1, 0.15) is 40.0 Å². The van der Waals surface area contributed by atoms with Gasteiger partial charge in [0, 0.05) is 12.6 Å². The first-order valence-corrected chi connectivity index (χ1v) is 8.35. The van der Waals surface area contributed by atoms with Crippen molar-refractivity contribution in [2.24, 2.45) is 5.73 Å². The van der Waals surface area contributed by atoms with Crippen LogP contribution in [0.4, 0.5) is 0 Å².